The number of benzene rings is 1. The van der Waals surface area contributed by atoms with Crippen molar-refractivity contribution in [2.45, 2.75) is 32.2 Å². The maximum absolute atomic E-state index is 12.3. The number of nitrogens with one attached hydrogen (secondary N) is 1. The van der Waals surface area contributed by atoms with Crippen molar-refractivity contribution in [3.8, 4) is 0 Å². The zero-order valence-electron chi connectivity index (χ0n) is 15.3. The van der Waals surface area contributed by atoms with Gasteiger partial charge < -0.3 is 5.32 Å². The number of amides is 3. The number of aryl methyl sites for hydroxylation is 2. The van der Waals surface area contributed by atoms with Gasteiger partial charge in [0, 0.05) is 12.6 Å². The predicted molar refractivity (Wildman–Crippen MR) is 100.0 cm³/mol. The van der Waals surface area contributed by atoms with Crippen LogP contribution < -0.4 is 10.9 Å². The maximum atomic E-state index is 12.3. The van der Waals surface area contributed by atoms with Gasteiger partial charge in [0.15, 0.2) is 0 Å². The van der Waals surface area contributed by atoms with Crippen LogP contribution in [0.4, 0.5) is 0 Å². The first-order valence-electron chi connectivity index (χ1n) is 9.36. The first-order chi connectivity index (χ1) is 13.5. The average Bonchev–Trinajstić information content (AvgIpc) is 2.93. The van der Waals surface area contributed by atoms with Gasteiger partial charge in [0.25, 0.3) is 17.4 Å². The molecule has 1 aliphatic carbocycles. The lowest BCUT2D eigenvalue weighted by molar-refractivity contribution is -0.121. The summed E-state index contributed by atoms with van der Waals surface area (Å²) in [5, 5.41) is 7.05. The molecule has 1 aromatic heterocycles. The fraction of sp³-hybridized carbons (Fsp3) is 0.350. The molecular weight excluding hydrogens is 360 g/mol. The van der Waals surface area contributed by atoms with Gasteiger partial charge in [-0.05, 0) is 43.4 Å². The van der Waals surface area contributed by atoms with Gasteiger partial charge in [0.1, 0.15) is 6.54 Å². The number of carbonyl (C=O) groups is 3. The van der Waals surface area contributed by atoms with Crippen LogP contribution in [-0.2, 0) is 24.2 Å². The minimum atomic E-state index is -0.469. The highest BCUT2D eigenvalue weighted by Crippen LogP contribution is 2.21. The number of fused-ring (bicyclic) bond motifs is 2. The van der Waals surface area contributed by atoms with E-state index in [1.807, 2.05) is 0 Å². The van der Waals surface area contributed by atoms with Crippen molar-refractivity contribution >= 4 is 17.7 Å². The number of carbonyl (C=O) groups excluding carboxylic acids is 3. The van der Waals surface area contributed by atoms with Crippen LogP contribution in [0.25, 0.3) is 0 Å². The van der Waals surface area contributed by atoms with Gasteiger partial charge in [0.2, 0.25) is 5.91 Å². The summed E-state index contributed by atoms with van der Waals surface area (Å²) < 4.78 is 1.35. The topological polar surface area (TPSA) is 101 Å². The lowest BCUT2D eigenvalue weighted by Crippen LogP contribution is -2.41. The Kier molecular flexibility index (Phi) is 4.77. The van der Waals surface area contributed by atoms with Crippen LogP contribution in [0.5, 0.6) is 0 Å². The van der Waals surface area contributed by atoms with E-state index in [1.165, 1.54) is 4.68 Å². The Morgan fingerprint density at radius 1 is 1.04 bits per heavy atom. The standard InChI is InChI=1S/C20H20N4O4/c25-17(12-23-19(27)14-6-2-3-7-15(14)20(23)28)21-9-10-24-18(26)11-13-5-1-4-8-16(13)22-24/h2-3,6-7,11H,1,4-5,8-10,12H2,(H,21,25). The van der Waals surface area contributed by atoms with Gasteiger partial charge in [-0.2, -0.15) is 5.10 Å². The number of imide groups is 1. The quantitative estimate of drug-likeness (QED) is 0.763. The minimum absolute atomic E-state index is 0.185. The molecule has 0 saturated heterocycles. The van der Waals surface area contributed by atoms with Crippen molar-refractivity contribution in [1.29, 1.82) is 0 Å². The molecular formula is C20H20N4O4. The van der Waals surface area contributed by atoms with Crippen molar-refractivity contribution < 1.29 is 14.4 Å². The summed E-state index contributed by atoms with van der Waals surface area (Å²) in [7, 11) is 0. The molecule has 8 heteroatoms. The number of aromatic nitrogens is 2. The van der Waals surface area contributed by atoms with E-state index < -0.39 is 17.7 Å². The molecule has 144 valence electrons. The number of nitrogens with zero attached hydrogens (tertiary/aromatic N) is 3. The van der Waals surface area contributed by atoms with Crippen LogP contribution in [0.15, 0.2) is 35.1 Å². The smallest absolute Gasteiger partial charge is 0.267 e. The highest BCUT2D eigenvalue weighted by molar-refractivity contribution is 6.22. The van der Waals surface area contributed by atoms with E-state index in [4.69, 9.17) is 0 Å². The predicted octanol–water partition coefficient (Wildman–Crippen LogP) is 0.534. The Bertz CT molecular complexity index is 992. The summed E-state index contributed by atoms with van der Waals surface area (Å²) in [5.74, 6) is -1.40. The zero-order valence-corrected chi connectivity index (χ0v) is 15.3. The molecule has 1 aromatic carbocycles. The van der Waals surface area contributed by atoms with Gasteiger partial charge >= 0.3 is 0 Å². The average molecular weight is 380 g/mol. The largest absolute Gasteiger partial charge is 0.353 e. The van der Waals surface area contributed by atoms with Gasteiger partial charge in [-0.1, -0.05) is 12.1 Å². The fourth-order valence-electron chi connectivity index (χ4n) is 3.64. The normalized spacial score (nSPS) is 15.4. The van der Waals surface area contributed by atoms with E-state index in [9.17, 15) is 19.2 Å². The first-order valence-corrected chi connectivity index (χ1v) is 9.36. The second kappa shape index (κ2) is 7.38. The molecule has 2 heterocycles. The fourth-order valence-corrected chi connectivity index (χ4v) is 3.64. The van der Waals surface area contributed by atoms with Crippen LogP contribution in [0.3, 0.4) is 0 Å². The summed E-state index contributed by atoms with van der Waals surface area (Å²) in [5.41, 5.74) is 2.40. The van der Waals surface area contributed by atoms with Crippen molar-refractivity contribution in [2.75, 3.05) is 13.1 Å². The number of hydrogen-bond acceptors (Lipinski definition) is 5. The van der Waals surface area contributed by atoms with Crippen LogP contribution in [-0.4, -0.2) is 45.5 Å². The van der Waals surface area contributed by atoms with Crippen molar-refractivity contribution in [3.63, 3.8) is 0 Å². The second-order valence-corrected chi connectivity index (χ2v) is 6.98. The summed E-state index contributed by atoms with van der Waals surface area (Å²) in [6.07, 6.45) is 3.89. The van der Waals surface area contributed by atoms with Crippen molar-refractivity contribution in [1.82, 2.24) is 20.0 Å². The summed E-state index contributed by atoms with van der Waals surface area (Å²) >= 11 is 0. The molecule has 0 spiro atoms. The van der Waals surface area contributed by atoms with Gasteiger partial charge in [-0.3, -0.25) is 24.1 Å². The van der Waals surface area contributed by atoms with E-state index in [2.05, 4.69) is 10.4 Å². The van der Waals surface area contributed by atoms with E-state index in [0.29, 0.717) is 11.1 Å². The second-order valence-electron chi connectivity index (χ2n) is 6.98. The zero-order chi connectivity index (χ0) is 19.7. The summed E-state index contributed by atoms with van der Waals surface area (Å²) in [4.78, 5) is 49.8. The van der Waals surface area contributed by atoms with Crippen LogP contribution in [0.2, 0.25) is 0 Å². The molecule has 0 atom stereocenters. The lowest BCUT2D eigenvalue weighted by Gasteiger charge is -2.16. The van der Waals surface area contributed by atoms with Gasteiger partial charge in [-0.25, -0.2) is 4.68 Å². The Morgan fingerprint density at radius 2 is 1.71 bits per heavy atom. The molecule has 0 bridgehead atoms. The molecule has 0 unspecified atom stereocenters. The highest BCUT2D eigenvalue weighted by atomic mass is 16.2. The molecule has 3 amide bonds. The lowest BCUT2D eigenvalue weighted by atomic mass is 9.97. The van der Waals surface area contributed by atoms with Crippen LogP contribution >= 0.6 is 0 Å². The van der Waals surface area contributed by atoms with Gasteiger partial charge in [-0.15, -0.1) is 0 Å². The van der Waals surface area contributed by atoms with E-state index in [1.54, 1.807) is 30.3 Å². The number of hydrogen-bond donors (Lipinski definition) is 1. The van der Waals surface area contributed by atoms with E-state index in [0.717, 1.165) is 41.8 Å². The Labute approximate surface area is 161 Å². The van der Waals surface area contributed by atoms with Crippen LogP contribution in [0.1, 0.15) is 44.8 Å². The molecule has 1 aliphatic heterocycles. The molecule has 0 saturated carbocycles. The molecule has 2 aliphatic rings. The summed E-state index contributed by atoms with van der Waals surface area (Å²) in [6.45, 7) is 0.0759. The third-order valence-corrected chi connectivity index (χ3v) is 5.10. The van der Waals surface area contributed by atoms with E-state index >= 15 is 0 Å². The van der Waals surface area contributed by atoms with Gasteiger partial charge in [0.05, 0.1) is 23.4 Å². The van der Waals surface area contributed by atoms with E-state index in [-0.39, 0.29) is 25.2 Å². The minimum Gasteiger partial charge on any atom is -0.353 e. The Morgan fingerprint density at radius 3 is 2.43 bits per heavy atom. The van der Waals surface area contributed by atoms with Crippen molar-refractivity contribution in [2.24, 2.45) is 0 Å². The molecule has 8 nitrogen and oxygen atoms in total. The monoisotopic (exact) mass is 380 g/mol. The highest BCUT2D eigenvalue weighted by Gasteiger charge is 2.36. The maximum Gasteiger partial charge on any atom is 0.267 e. The Hall–Kier alpha value is -3.29. The molecule has 4 rings (SSSR count). The third kappa shape index (κ3) is 3.33. The Balaban J connectivity index is 1.34. The molecule has 0 fully saturated rings. The number of rotatable bonds is 5. The first kappa shape index (κ1) is 18.1. The SMILES string of the molecule is O=C(CN1C(=O)c2ccccc2C1=O)NCCn1nc2c(cc1=O)CCCC2. The summed E-state index contributed by atoms with van der Waals surface area (Å²) in [6, 6.07) is 8.12. The molecule has 2 aromatic rings. The molecule has 1 N–H and O–H groups in total. The molecule has 28 heavy (non-hydrogen) atoms. The third-order valence-electron chi connectivity index (χ3n) is 5.10. The molecule has 0 radical (unpaired) electrons. The van der Waals surface area contributed by atoms with Crippen molar-refractivity contribution in [3.05, 3.63) is 63.1 Å². The van der Waals surface area contributed by atoms with Crippen LogP contribution in [0, 0.1) is 0 Å².